The van der Waals surface area contributed by atoms with Crippen molar-refractivity contribution < 1.29 is 4.92 Å². The van der Waals surface area contributed by atoms with E-state index in [0.717, 1.165) is 11.1 Å². The smallest absolute Gasteiger partial charge is 0.275 e. The Hall–Kier alpha value is -4.44. The minimum absolute atomic E-state index is 0.0907. The highest BCUT2D eigenvalue weighted by atomic mass is 16.6. The third-order valence-corrected chi connectivity index (χ3v) is 4.75. The lowest BCUT2D eigenvalue weighted by atomic mass is 10.0. The monoisotopic (exact) mass is 382 g/mol. The average Bonchev–Trinajstić information content (AvgIpc) is 2.75. The highest BCUT2D eigenvalue weighted by Crippen LogP contribution is 2.29. The molecule has 3 aromatic carbocycles. The van der Waals surface area contributed by atoms with Crippen LogP contribution in [0.3, 0.4) is 0 Å². The number of rotatable bonds is 3. The van der Waals surface area contributed by atoms with Crippen LogP contribution in [0, 0.1) is 21.4 Å². The summed E-state index contributed by atoms with van der Waals surface area (Å²) in [5.41, 5.74) is 8.15. The van der Waals surface area contributed by atoms with E-state index in [1.54, 1.807) is 6.07 Å². The number of nitrogen functional groups attached to an aromatic ring is 1. The van der Waals surface area contributed by atoms with Gasteiger partial charge < -0.3 is 5.73 Å². The van der Waals surface area contributed by atoms with Gasteiger partial charge in [-0.3, -0.25) is 19.5 Å². The minimum Gasteiger partial charge on any atom is -0.397 e. The Labute approximate surface area is 165 Å². The molecule has 0 unspecified atom stereocenters. The van der Waals surface area contributed by atoms with Crippen LogP contribution in [0.25, 0.3) is 27.7 Å². The van der Waals surface area contributed by atoms with Crippen molar-refractivity contribution in [2.45, 2.75) is 0 Å². The van der Waals surface area contributed by atoms with Crippen molar-refractivity contribution in [2.24, 2.45) is 0 Å². The van der Waals surface area contributed by atoms with E-state index in [4.69, 9.17) is 5.73 Å². The van der Waals surface area contributed by atoms with Crippen LogP contribution in [0.15, 0.2) is 77.6 Å². The Kier molecular flexibility index (Phi) is 4.30. The minimum atomic E-state index is -0.573. The molecule has 7 nitrogen and oxygen atoms in total. The zero-order valence-corrected chi connectivity index (χ0v) is 15.1. The summed E-state index contributed by atoms with van der Waals surface area (Å²) in [7, 11) is 0. The Morgan fingerprint density at radius 3 is 2.28 bits per heavy atom. The molecular weight excluding hydrogens is 368 g/mol. The van der Waals surface area contributed by atoms with Gasteiger partial charge in [0, 0.05) is 23.2 Å². The maximum Gasteiger partial charge on any atom is 0.275 e. The zero-order valence-electron chi connectivity index (χ0n) is 15.1. The van der Waals surface area contributed by atoms with Crippen molar-refractivity contribution in [1.82, 2.24) is 4.57 Å². The molecule has 0 saturated carbocycles. The van der Waals surface area contributed by atoms with E-state index in [-0.39, 0.29) is 16.9 Å². The van der Waals surface area contributed by atoms with Gasteiger partial charge in [-0.2, -0.15) is 5.26 Å². The fraction of sp³-hybridized carbons (Fsp3) is 0. The molecule has 0 aliphatic carbocycles. The predicted octanol–water partition coefficient (Wildman–Crippen LogP) is 4.02. The summed E-state index contributed by atoms with van der Waals surface area (Å²) in [6.45, 7) is 0. The van der Waals surface area contributed by atoms with Crippen molar-refractivity contribution in [3.8, 4) is 22.9 Å². The molecule has 1 aromatic heterocycles. The fourth-order valence-corrected chi connectivity index (χ4v) is 3.31. The van der Waals surface area contributed by atoms with Gasteiger partial charge in [-0.25, -0.2) is 0 Å². The van der Waals surface area contributed by atoms with Gasteiger partial charge >= 0.3 is 0 Å². The molecule has 0 aliphatic rings. The Bertz CT molecular complexity index is 1350. The number of aromatic nitrogens is 1. The Balaban J connectivity index is 2.06. The van der Waals surface area contributed by atoms with Crippen LogP contribution in [-0.2, 0) is 0 Å². The summed E-state index contributed by atoms with van der Waals surface area (Å²) in [5.74, 6) is 0. The third-order valence-electron chi connectivity index (χ3n) is 4.75. The molecule has 0 fully saturated rings. The maximum absolute atomic E-state index is 13.0. The normalized spacial score (nSPS) is 10.6. The second kappa shape index (κ2) is 6.94. The topological polar surface area (TPSA) is 115 Å². The van der Waals surface area contributed by atoms with Gasteiger partial charge in [0.15, 0.2) is 0 Å². The van der Waals surface area contributed by atoms with Crippen LogP contribution in [0.4, 0.5) is 11.4 Å². The highest BCUT2D eigenvalue weighted by molar-refractivity contribution is 5.96. The lowest BCUT2D eigenvalue weighted by Gasteiger charge is -2.15. The molecule has 0 spiro atoms. The van der Waals surface area contributed by atoms with Crippen LogP contribution < -0.4 is 11.3 Å². The van der Waals surface area contributed by atoms with E-state index < -0.39 is 10.5 Å². The number of anilines is 1. The van der Waals surface area contributed by atoms with Gasteiger partial charge in [0.1, 0.15) is 11.6 Å². The molecule has 4 rings (SSSR count). The number of nitriles is 1. The van der Waals surface area contributed by atoms with Crippen LogP contribution in [0.1, 0.15) is 5.56 Å². The highest BCUT2D eigenvalue weighted by Gasteiger charge is 2.17. The van der Waals surface area contributed by atoms with Crippen LogP contribution in [-0.4, -0.2) is 9.49 Å². The number of pyridine rings is 1. The summed E-state index contributed by atoms with van der Waals surface area (Å²) in [5, 5.41) is 21.0. The number of hydrogen-bond acceptors (Lipinski definition) is 5. The molecule has 0 aliphatic heterocycles. The summed E-state index contributed by atoms with van der Waals surface area (Å²) < 4.78 is 1.36. The molecule has 0 radical (unpaired) electrons. The second-order valence-electron chi connectivity index (χ2n) is 6.41. The SMILES string of the molecule is N#Cc1c(N)c2ccc(-c3ccccc3)cc2n(-c2ccc([N+](=O)[O-])cc2)c1=O. The van der Waals surface area contributed by atoms with Crippen molar-refractivity contribution in [3.05, 3.63) is 98.8 Å². The Morgan fingerprint density at radius 1 is 0.966 bits per heavy atom. The molecule has 140 valence electrons. The summed E-state index contributed by atoms with van der Waals surface area (Å²) in [6.07, 6.45) is 0. The van der Waals surface area contributed by atoms with E-state index in [0.29, 0.717) is 16.6 Å². The molecule has 0 saturated heterocycles. The lowest BCUT2D eigenvalue weighted by molar-refractivity contribution is -0.384. The van der Waals surface area contributed by atoms with Gasteiger partial charge in [0.05, 0.1) is 16.1 Å². The summed E-state index contributed by atoms with van der Waals surface area (Å²) in [4.78, 5) is 23.5. The summed E-state index contributed by atoms with van der Waals surface area (Å²) >= 11 is 0. The molecule has 0 bridgehead atoms. The van der Waals surface area contributed by atoms with Crippen LogP contribution in [0.5, 0.6) is 0 Å². The summed E-state index contributed by atoms with van der Waals surface area (Å²) in [6, 6.07) is 22.6. The fourth-order valence-electron chi connectivity index (χ4n) is 3.31. The van der Waals surface area contributed by atoms with E-state index >= 15 is 0 Å². The van der Waals surface area contributed by atoms with Gasteiger partial charge in [-0.05, 0) is 29.3 Å². The van der Waals surface area contributed by atoms with Gasteiger partial charge in [-0.1, -0.05) is 42.5 Å². The molecular formula is C22H14N4O3. The quantitative estimate of drug-likeness (QED) is 0.424. The number of benzene rings is 3. The Morgan fingerprint density at radius 2 is 1.66 bits per heavy atom. The average molecular weight is 382 g/mol. The molecule has 29 heavy (non-hydrogen) atoms. The third kappa shape index (κ3) is 2.99. The van der Waals surface area contributed by atoms with Gasteiger partial charge in [-0.15, -0.1) is 0 Å². The standard InChI is InChI=1S/C22H14N4O3/c23-13-19-21(24)18-11-6-15(14-4-2-1-3-5-14)12-20(18)25(22(19)27)16-7-9-17(10-8-16)26(28)29/h1-12H,24H2. The van der Waals surface area contributed by atoms with Crippen molar-refractivity contribution >= 4 is 22.3 Å². The molecule has 4 aromatic rings. The first kappa shape index (κ1) is 17.9. The van der Waals surface area contributed by atoms with Crippen LogP contribution in [0.2, 0.25) is 0 Å². The van der Waals surface area contributed by atoms with Crippen molar-refractivity contribution in [3.63, 3.8) is 0 Å². The molecule has 7 heteroatoms. The molecule has 2 N–H and O–H groups in total. The number of non-ortho nitro benzene ring substituents is 1. The van der Waals surface area contributed by atoms with Crippen molar-refractivity contribution in [1.29, 1.82) is 5.26 Å². The number of nitrogens with two attached hydrogens (primary N) is 1. The van der Waals surface area contributed by atoms with E-state index in [9.17, 15) is 20.2 Å². The first-order valence-corrected chi connectivity index (χ1v) is 8.70. The molecule has 0 amide bonds. The largest absolute Gasteiger partial charge is 0.397 e. The van der Waals surface area contributed by atoms with Gasteiger partial charge in [0.2, 0.25) is 0 Å². The molecule has 1 heterocycles. The van der Waals surface area contributed by atoms with E-state index in [1.807, 2.05) is 48.5 Å². The maximum atomic E-state index is 13.0. The second-order valence-corrected chi connectivity index (χ2v) is 6.41. The number of nitro groups is 1. The lowest BCUT2D eigenvalue weighted by Crippen LogP contribution is -2.23. The molecule has 0 atom stereocenters. The zero-order chi connectivity index (χ0) is 20.5. The van der Waals surface area contributed by atoms with E-state index in [2.05, 4.69) is 0 Å². The number of fused-ring (bicyclic) bond motifs is 1. The van der Waals surface area contributed by atoms with Crippen molar-refractivity contribution in [2.75, 3.05) is 5.73 Å². The number of hydrogen-bond donors (Lipinski definition) is 1. The van der Waals surface area contributed by atoms with Crippen LogP contribution >= 0.6 is 0 Å². The number of nitrogens with zero attached hydrogens (tertiary/aromatic N) is 3. The first-order valence-electron chi connectivity index (χ1n) is 8.70. The van der Waals surface area contributed by atoms with Gasteiger partial charge in [0.25, 0.3) is 11.2 Å². The number of nitro benzene ring substituents is 1. The van der Waals surface area contributed by atoms with E-state index in [1.165, 1.54) is 28.8 Å². The predicted molar refractivity (Wildman–Crippen MR) is 111 cm³/mol. The first-order chi connectivity index (χ1) is 14.0.